The Morgan fingerprint density at radius 2 is 1.71 bits per heavy atom. The van der Waals surface area contributed by atoms with E-state index in [1.54, 1.807) is 13.2 Å². The van der Waals surface area contributed by atoms with Crippen LogP contribution in [0.3, 0.4) is 0 Å². The van der Waals surface area contributed by atoms with Crippen molar-refractivity contribution in [3.05, 3.63) is 58.9 Å². The zero-order valence-corrected chi connectivity index (χ0v) is 21.0. The van der Waals surface area contributed by atoms with E-state index in [0.717, 1.165) is 55.6 Å². The molecule has 190 valence electrons. The third-order valence-corrected chi connectivity index (χ3v) is 7.86. The van der Waals surface area contributed by atoms with Crippen molar-refractivity contribution in [2.75, 3.05) is 40.6 Å². The zero-order valence-electron chi connectivity index (χ0n) is 21.0. The standard InChI is InChI=1S/C28H36FNO5/c1-20(18-33-19-21-4-6-23(31-2)7-5-21)16-30-17-22-14-25(29)26(32-3)15-24(22)27(30)8-10-28(11-9-27)34-12-13-35-28/h4-7,14-15,20H,8-13,16-19H2,1-3H3/t20-/m1/s1. The van der Waals surface area contributed by atoms with Crippen molar-refractivity contribution in [3.8, 4) is 11.5 Å². The van der Waals surface area contributed by atoms with Gasteiger partial charge in [0.1, 0.15) is 5.75 Å². The monoisotopic (exact) mass is 485 g/mol. The van der Waals surface area contributed by atoms with Crippen LogP contribution < -0.4 is 9.47 Å². The normalized spacial score (nSPS) is 21.4. The molecule has 0 amide bonds. The predicted molar refractivity (Wildman–Crippen MR) is 130 cm³/mol. The summed E-state index contributed by atoms with van der Waals surface area (Å²) in [6.07, 6.45) is 3.50. The summed E-state index contributed by atoms with van der Waals surface area (Å²) in [5.74, 6) is 0.734. The van der Waals surface area contributed by atoms with Crippen LogP contribution in [0.25, 0.3) is 0 Å². The molecule has 2 heterocycles. The SMILES string of the molecule is COc1ccc(COC[C@H](C)CN2Cc3cc(F)c(OC)cc3C23CCC2(CC3)OCCO2)cc1. The first-order valence-corrected chi connectivity index (χ1v) is 12.6. The molecule has 1 atom stereocenters. The first-order valence-electron chi connectivity index (χ1n) is 12.6. The Kier molecular flexibility index (Phi) is 7.04. The van der Waals surface area contributed by atoms with Gasteiger partial charge in [0.15, 0.2) is 17.4 Å². The number of benzene rings is 2. The molecule has 1 saturated heterocycles. The van der Waals surface area contributed by atoms with E-state index in [9.17, 15) is 4.39 Å². The highest BCUT2D eigenvalue weighted by Crippen LogP contribution is 2.53. The van der Waals surface area contributed by atoms with Gasteiger partial charge in [-0.15, -0.1) is 0 Å². The van der Waals surface area contributed by atoms with Crippen molar-refractivity contribution in [1.29, 1.82) is 0 Å². The van der Waals surface area contributed by atoms with Crippen LogP contribution in [0, 0.1) is 11.7 Å². The van der Waals surface area contributed by atoms with Gasteiger partial charge in [0, 0.05) is 31.5 Å². The molecular weight excluding hydrogens is 449 g/mol. The average Bonchev–Trinajstić information content (AvgIpc) is 3.43. The molecule has 2 aromatic carbocycles. The summed E-state index contributed by atoms with van der Waals surface area (Å²) in [6.45, 7) is 6.37. The highest BCUT2D eigenvalue weighted by molar-refractivity contribution is 5.45. The maximum Gasteiger partial charge on any atom is 0.168 e. The second-order valence-corrected chi connectivity index (χ2v) is 10.1. The number of methoxy groups -OCH3 is 2. The summed E-state index contributed by atoms with van der Waals surface area (Å²) in [5, 5.41) is 0. The first kappa shape index (κ1) is 24.5. The molecule has 0 unspecified atom stereocenters. The Balaban J connectivity index is 1.28. The number of fused-ring (bicyclic) bond motifs is 2. The number of hydrogen-bond acceptors (Lipinski definition) is 6. The van der Waals surface area contributed by atoms with Crippen molar-refractivity contribution in [2.45, 2.75) is 57.1 Å². The van der Waals surface area contributed by atoms with Gasteiger partial charge in [-0.3, -0.25) is 4.90 Å². The van der Waals surface area contributed by atoms with Gasteiger partial charge >= 0.3 is 0 Å². The summed E-state index contributed by atoms with van der Waals surface area (Å²) in [7, 11) is 3.20. The smallest absolute Gasteiger partial charge is 0.168 e. The van der Waals surface area contributed by atoms with Gasteiger partial charge < -0.3 is 23.7 Å². The summed E-state index contributed by atoms with van der Waals surface area (Å²) in [6, 6.07) is 11.5. The Bertz CT molecular complexity index is 1010. The minimum absolute atomic E-state index is 0.166. The molecule has 1 saturated carbocycles. The molecule has 7 heteroatoms. The summed E-state index contributed by atoms with van der Waals surface area (Å²) < 4.78 is 43.3. The fraction of sp³-hybridized carbons (Fsp3) is 0.571. The quantitative estimate of drug-likeness (QED) is 0.523. The number of ether oxygens (including phenoxy) is 5. The minimum atomic E-state index is -0.448. The summed E-state index contributed by atoms with van der Waals surface area (Å²) >= 11 is 0. The molecule has 3 aliphatic rings. The van der Waals surface area contributed by atoms with Crippen molar-refractivity contribution in [2.24, 2.45) is 5.92 Å². The van der Waals surface area contributed by atoms with Crippen LogP contribution in [0.1, 0.15) is 49.3 Å². The van der Waals surface area contributed by atoms with Gasteiger partial charge in [0.05, 0.1) is 40.6 Å². The van der Waals surface area contributed by atoms with Crippen LogP contribution in [0.5, 0.6) is 11.5 Å². The molecule has 0 N–H and O–H groups in total. The molecule has 2 aromatic rings. The lowest BCUT2D eigenvalue weighted by molar-refractivity contribution is -0.195. The van der Waals surface area contributed by atoms with Crippen molar-refractivity contribution >= 4 is 0 Å². The maximum absolute atomic E-state index is 14.6. The van der Waals surface area contributed by atoms with Crippen molar-refractivity contribution in [3.63, 3.8) is 0 Å². The molecule has 2 aliphatic heterocycles. The highest BCUT2D eigenvalue weighted by Gasteiger charge is 2.53. The number of rotatable bonds is 8. The lowest BCUT2D eigenvalue weighted by Crippen LogP contribution is -2.50. The first-order chi connectivity index (χ1) is 17.0. The van der Waals surface area contributed by atoms with Crippen LogP contribution in [0.2, 0.25) is 0 Å². The zero-order chi connectivity index (χ0) is 24.5. The van der Waals surface area contributed by atoms with Gasteiger partial charge in [-0.25, -0.2) is 4.39 Å². The summed E-state index contributed by atoms with van der Waals surface area (Å²) in [4.78, 5) is 2.53. The molecule has 2 fully saturated rings. The van der Waals surface area contributed by atoms with E-state index in [0.29, 0.717) is 38.1 Å². The topological polar surface area (TPSA) is 49.4 Å². The lowest BCUT2D eigenvalue weighted by atomic mass is 9.74. The molecule has 0 bridgehead atoms. The third kappa shape index (κ3) is 4.79. The molecule has 1 aliphatic carbocycles. The number of nitrogens with zero attached hydrogens (tertiary/aromatic N) is 1. The predicted octanol–water partition coefficient (Wildman–Crippen LogP) is 5.02. The van der Waals surface area contributed by atoms with E-state index in [2.05, 4.69) is 11.8 Å². The van der Waals surface area contributed by atoms with E-state index in [1.807, 2.05) is 30.3 Å². The number of hydrogen-bond donors (Lipinski definition) is 0. The minimum Gasteiger partial charge on any atom is -0.497 e. The Morgan fingerprint density at radius 1 is 1.00 bits per heavy atom. The van der Waals surface area contributed by atoms with Gasteiger partial charge in [-0.2, -0.15) is 0 Å². The maximum atomic E-state index is 14.6. The second kappa shape index (κ2) is 10.1. The van der Waals surface area contributed by atoms with Gasteiger partial charge in [0.2, 0.25) is 0 Å². The summed E-state index contributed by atoms with van der Waals surface area (Å²) in [5.41, 5.74) is 3.20. The van der Waals surface area contributed by atoms with Crippen molar-refractivity contribution < 1.29 is 28.1 Å². The van der Waals surface area contributed by atoms with Crippen LogP contribution in [0.15, 0.2) is 36.4 Å². The molecule has 6 nitrogen and oxygen atoms in total. The van der Waals surface area contributed by atoms with E-state index in [4.69, 9.17) is 23.7 Å². The van der Waals surface area contributed by atoms with Crippen molar-refractivity contribution in [1.82, 2.24) is 4.90 Å². The fourth-order valence-electron chi connectivity index (χ4n) is 6.03. The fourth-order valence-corrected chi connectivity index (χ4v) is 6.03. The van der Waals surface area contributed by atoms with E-state index < -0.39 is 5.79 Å². The van der Waals surface area contributed by atoms with E-state index in [-0.39, 0.29) is 11.4 Å². The van der Waals surface area contributed by atoms with Crippen LogP contribution in [0.4, 0.5) is 4.39 Å². The van der Waals surface area contributed by atoms with Gasteiger partial charge in [-0.1, -0.05) is 19.1 Å². The molecule has 0 radical (unpaired) electrons. The number of halogens is 1. The van der Waals surface area contributed by atoms with Crippen LogP contribution in [-0.4, -0.2) is 51.3 Å². The highest BCUT2D eigenvalue weighted by atomic mass is 19.1. The third-order valence-electron chi connectivity index (χ3n) is 7.86. The van der Waals surface area contributed by atoms with Gasteiger partial charge in [-0.05, 0) is 59.7 Å². The van der Waals surface area contributed by atoms with Crippen LogP contribution in [-0.2, 0) is 32.9 Å². The van der Waals surface area contributed by atoms with E-state index >= 15 is 0 Å². The van der Waals surface area contributed by atoms with E-state index in [1.165, 1.54) is 12.7 Å². The molecule has 35 heavy (non-hydrogen) atoms. The molecule has 0 aromatic heterocycles. The Hall–Kier alpha value is -2.19. The Morgan fingerprint density at radius 3 is 2.37 bits per heavy atom. The molecular formula is C28H36FNO5. The van der Waals surface area contributed by atoms with Gasteiger partial charge in [0.25, 0.3) is 0 Å². The lowest BCUT2D eigenvalue weighted by Gasteiger charge is -2.47. The van der Waals surface area contributed by atoms with Crippen LogP contribution >= 0.6 is 0 Å². The largest absolute Gasteiger partial charge is 0.497 e. The average molecular weight is 486 g/mol. The molecule has 2 spiro atoms. The second-order valence-electron chi connectivity index (χ2n) is 10.1. The Labute approximate surface area is 207 Å². The molecule has 5 rings (SSSR count).